The van der Waals surface area contributed by atoms with Gasteiger partial charge in [-0.1, -0.05) is 6.07 Å². The quantitative estimate of drug-likeness (QED) is 0.561. The molecule has 0 radical (unpaired) electrons. The van der Waals surface area contributed by atoms with Crippen LogP contribution in [0.2, 0.25) is 0 Å². The molecule has 9 heteroatoms. The molecular weight excluding hydrogens is 404 g/mol. The topological polar surface area (TPSA) is 104 Å². The molecule has 0 aliphatic heterocycles. The van der Waals surface area contributed by atoms with Gasteiger partial charge in [-0.25, -0.2) is 0 Å². The number of benzene rings is 2. The van der Waals surface area contributed by atoms with Crippen molar-refractivity contribution in [1.82, 2.24) is 10.6 Å². The zero-order chi connectivity index (χ0) is 22.8. The largest absolute Gasteiger partial charge is 0.493 e. The lowest BCUT2D eigenvalue weighted by atomic mass is 10.1. The van der Waals surface area contributed by atoms with E-state index >= 15 is 0 Å². The lowest BCUT2D eigenvalue weighted by Crippen LogP contribution is -2.28. The molecule has 2 rings (SSSR count). The standard InChI is InChI=1S/C22H28N2O7/c1-6-23-19(25)13-31-16-9-7-14(11-18(16)28-3)12-24-22(26)15-8-10-17(27-2)21(30-5)20(15)29-4/h7-11H,6,12-13H2,1-5H3,(H,23,25)(H,24,26). The van der Waals surface area contributed by atoms with E-state index in [1.165, 1.54) is 28.4 Å². The third kappa shape index (κ3) is 5.94. The number of likely N-dealkylation sites (N-methyl/N-ethyl adjacent to an activating group) is 1. The van der Waals surface area contributed by atoms with Crippen LogP contribution in [0.5, 0.6) is 28.7 Å². The molecule has 0 fully saturated rings. The fourth-order valence-corrected chi connectivity index (χ4v) is 2.89. The third-order valence-corrected chi connectivity index (χ3v) is 4.36. The van der Waals surface area contributed by atoms with Crippen molar-refractivity contribution in [3.05, 3.63) is 41.5 Å². The van der Waals surface area contributed by atoms with Gasteiger partial charge < -0.3 is 34.3 Å². The minimum Gasteiger partial charge on any atom is -0.493 e. The fourth-order valence-electron chi connectivity index (χ4n) is 2.89. The molecule has 0 bridgehead atoms. The molecule has 2 aromatic rings. The first-order chi connectivity index (χ1) is 15.0. The zero-order valence-electron chi connectivity index (χ0n) is 18.4. The minimum absolute atomic E-state index is 0.112. The molecule has 0 unspecified atom stereocenters. The van der Waals surface area contributed by atoms with E-state index in [1.54, 1.807) is 30.3 Å². The van der Waals surface area contributed by atoms with E-state index in [0.717, 1.165) is 5.56 Å². The summed E-state index contributed by atoms with van der Waals surface area (Å²) < 4.78 is 26.8. The summed E-state index contributed by atoms with van der Waals surface area (Å²) in [6.45, 7) is 2.49. The first-order valence-corrected chi connectivity index (χ1v) is 9.62. The molecule has 2 amide bonds. The van der Waals surface area contributed by atoms with Crippen LogP contribution in [-0.4, -0.2) is 53.4 Å². The predicted molar refractivity (Wildman–Crippen MR) is 114 cm³/mol. The number of methoxy groups -OCH3 is 4. The highest BCUT2D eigenvalue weighted by molar-refractivity contribution is 5.98. The van der Waals surface area contributed by atoms with Crippen LogP contribution >= 0.6 is 0 Å². The van der Waals surface area contributed by atoms with Crippen LogP contribution < -0.4 is 34.3 Å². The molecule has 0 heterocycles. The van der Waals surface area contributed by atoms with Gasteiger partial charge in [-0.15, -0.1) is 0 Å². The molecule has 0 saturated carbocycles. The van der Waals surface area contributed by atoms with Crippen molar-refractivity contribution in [2.45, 2.75) is 13.5 Å². The molecule has 168 valence electrons. The highest BCUT2D eigenvalue weighted by Crippen LogP contribution is 2.39. The Labute approximate surface area is 181 Å². The predicted octanol–water partition coefficient (Wildman–Crippen LogP) is 2.17. The van der Waals surface area contributed by atoms with Gasteiger partial charge in [-0.05, 0) is 36.8 Å². The Balaban J connectivity index is 2.11. The maximum Gasteiger partial charge on any atom is 0.257 e. The van der Waals surface area contributed by atoms with Crippen molar-refractivity contribution in [2.75, 3.05) is 41.6 Å². The van der Waals surface area contributed by atoms with Crippen molar-refractivity contribution >= 4 is 11.8 Å². The number of hydrogen-bond acceptors (Lipinski definition) is 7. The molecule has 31 heavy (non-hydrogen) atoms. The molecule has 2 aromatic carbocycles. The fraction of sp³-hybridized carbons (Fsp3) is 0.364. The second-order valence-electron chi connectivity index (χ2n) is 6.29. The van der Waals surface area contributed by atoms with E-state index in [1.807, 2.05) is 6.92 Å². The number of carbonyl (C=O) groups excluding carboxylic acids is 2. The van der Waals surface area contributed by atoms with E-state index < -0.39 is 0 Å². The average molecular weight is 432 g/mol. The number of rotatable bonds is 11. The number of amides is 2. The van der Waals surface area contributed by atoms with Crippen molar-refractivity contribution in [2.24, 2.45) is 0 Å². The summed E-state index contributed by atoms with van der Waals surface area (Å²) in [6, 6.07) is 8.45. The smallest absolute Gasteiger partial charge is 0.257 e. The number of carbonyl (C=O) groups is 2. The summed E-state index contributed by atoms with van der Waals surface area (Å²) >= 11 is 0. The number of hydrogen-bond donors (Lipinski definition) is 2. The van der Waals surface area contributed by atoms with Gasteiger partial charge in [0, 0.05) is 13.1 Å². The van der Waals surface area contributed by atoms with Gasteiger partial charge in [0.1, 0.15) is 0 Å². The van der Waals surface area contributed by atoms with Gasteiger partial charge in [0.25, 0.3) is 11.8 Å². The highest BCUT2D eigenvalue weighted by Gasteiger charge is 2.20. The van der Waals surface area contributed by atoms with E-state index in [4.69, 9.17) is 23.7 Å². The maximum absolute atomic E-state index is 12.7. The molecule has 0 aliphatic rings. The summed E-state index contributed by atoms with van der Waals surface area (Å²) in [6.07, 6.45) is 0. The van der Waals surface area contributed by atoms with Gasteiger partial charge >= 0.3 is 0 Å². The Bertz CT molecular complexity index is 915. The highest BCUT2D eigenvalue weighted by atomic mass is 16.5. The molecule has 0 aromatic heterocycles. The second-order valence-corrected chi connectivity index (χ2v) is 6.29. The third-order valence-electron chi connectivity index (χ3n) is 4.36. The van der Waals surface area contributed by atoms with Gasteiger partial charge in [0.05, 0.1) is 34.0 Å². The molecular formula is C22H28N2O7. The van der Waals surface area contributed by atoms with Gasteiger partial charge in [-0.3, -0.25) is 9.59 Å². The first-order valence-electron chi connectivity index (χ1n) is 9.62. The summed E-state index contributed by atoms with van der Waals surface area (Å²) in [4.78, 5) is 24.3. The van der Waals surface area contributed by atoms with Crippen molar-refractivity contribution < 1.29 is 33.3 Å². The van der Waals surface area contributed by atoms with Crippen molar-refractivity contribution in [3.63, 3.8) is 0 Å². The van der Waals surface area contributed by atoms with Crippen LogP contribution in [0.4, 0.5) is 0 Å². The summed E-state index contributed by atoms with van der Waals surface area (Å²) in [5.74, 6) is 1.42. The first kappa shape index (κ1) is 23.7. The monoisotopic (exact) mass is 432 g/mol. The van der Waals surface area contributed by atoms with Crippen molar-refractivity contribution in [3.8, 4) is 28.7 Å². The minimum atomic E-state index is -0.340. The Morgan fingerprint density at radius 2 is 1.48 bits per heavy atom. The van der Waals surface area contributed by atoms with Gasteiger partial charge in [0.2, 0.25) is 5.75 Å². The Morgan fingerprint density at radius 1 is 0.806 bits per heavy atom. The van der Waals surface area contributed by atoms with Crippen LogP contribution in [0.1, 0.15) is 22.8 Å². The molecule has 0 aliphatic carbocycles. The summed E-state index contributed by atoms with van der Waals surface area (Å²) in [7, 11) is 5.95. The van der Waals surface area contributed by atoms with Gasteiger partial charge in [0.15, 0.2) is 29.6 Å². The van der Waals surface area contributed by atoms with E-state index in [9.17, 15) is 9.59 Å². The van der Waals surface area contributed by atoms with Crippen LogP contribution in [0.15, 0.2) is 30.3 Å². The SMILES string of the molecule is CCNC(=O)COc1ccc(CNC(=O)c2ccc(OC)c(OC)c2OC)cc1OC. The number of nitrogens with one attached hydrogen (secondary N) is 2. The summed E-state index contributed by atoms with van der Waals surface area (Å²) in [5, 5.41) is 5.50. The lowest BCUT2D eigenvalue weighted by molar-refractivity contribution is -0.123. The van der Waals surface area contributed by atoms with E-state index in [2.05, 4.69) is 10.6 Å². The zero-order valence-corrected chi connectivity index (χ0v) is 18.4. The molecule has 9 nitrogen and oxygen atoms in total. The normalized spacial score (nSPS) is 10.1. The van der Waals surface area contributed by atoms with E-state index in [0.29, 0.717) is 35.1 Å². The Kier molecular flexibility index (Phi) is 8.80. The van der Waals surface area contributed by atoms with Crippen LogP contribution in [0.3, 0.4) is 0 Å². The number of ether oxygens (including phenoxy) is 5. The molecule has 0 saturated heterocycles. The maximum atomic E-state index is 12.7. The molecule has 0 spiro atoms. The molecule has 2 N–H and O–H groups in total. The van der Waals surface area contributed by atoms with Crippen molar-refractivity contribution in [1.29, 1.82) is 0 Å². The average Bonchev–Trinajstić information content (AvgIpc) is 2.80. The van der Waals surface area contributed by atoms with Crippen LogP contribution in [0.25, 0.3) is 0 Å². The van der Waals surface area contributed by atoms with Gasteiger partial charge in [-0.2, -0.15) is 0 Å². The lowest BCUT2D eigenvalue weighted by Gasteiger charge is -2.16. The van der Waals surface area contributed by atoms with Crippen LogP contribution in [0, 0.1) is 0 Å². The second kappa shape index (κ2) is 11.5. The molecule has 0 atom stereocenters. The van der Waals surface area contributed by atoms with Crippen LogP contribution in [-0.2, 0) is 11.3 Å². The Morgan fingerprint density at radius 3 is 2.10 bits per heavy atom. The summed E-state index contributed by atoms with van der Waals surface area (Å²) in [5.41, 5.74) is 1.10. The van der Waals surface area contributed by atoms with E-state index in [-0.39, 0.29) is 30.7 Å². The Hall–Kier alpha value is -3.62.